The third kappa shape index (κ3) is 2.88. The van der Waals surface area contributed by atoms with E-state index in [1.807, 2.05) is 35.7 Å². The quantitative estimate of drug-likeness (QED) is 0.721. The van der Waals surface area contributed by atoms with Crippen molar-refractivity contribution in [2.24, 2.45) is 0 Å². The summed E-state index contributed by atoms with van der Waals surface area (Å²) in [5.74, 6) is 1.47. The van der Waals surface area contributed by atoms with E-state index in [2.05, 4.69) is 0 Å². The number of carbonyl (C=O) groups is 1. The van der Waals surface area contributed by atoms with Crippen molar-refractivity contribution in [3.05, 3.63) is 64.7 Å². The van der Waals surface area contributed by atoms with Crippen LogP contribution in [0, 0.1) is 0 Å². The van der Waals surface area contributed by atoms with Gasteiger partial charge >= 0.3 is 0 Å². The zero-order valence-corrected chi connectivity index (χ0v) is 13.6. The SMILES string of the molecule is O=C(c1ccco1)N(Cc1cccs1)c1ccc2c(c1)OCCO2. The molecule has 5 nitrogen and oxygen atoms in total. The number of carbonyl (C=O) groups excluding carboxylic acids is 1. The maximum atomic E-state index is 12.9. The number of ether oxygens (including phenoxy) is 2. The Morgan fingerprint density at radius 3 is 2.71 bits per heavy atom. The largest absolute Gasteiger partial charge is 0.486 e. The van der Waals surface area contributed by atoms with Gasteiger partial charge in [0.25, 0.3) is 5.91 Å². The molecule has 0 saturated heterocycles. The number of nitrogens with zero attached hydrogens (tertiary/aromatic N) is 1. The van der Waals surface area contributed by atoms with E-state index in [-0.39, 0.29) is 5.91 Å². The minimum atomic E-state index is -0.190. The smallest absolute Gasteiger partial charge is 0.294 e. The third-order valence-electron chi connectivity index (χ3n) is 3.71. The van der Waals surface area contributed by atoms with E-state index in [0.717, 1.165) is 10.6 Å². The van der Waals surface area contributed by atoms with E-state index >= 15 is 0 Å². The van der Waals surface area contributed by atoms with Crippen molar-refractivity contribution in [1.82, 2.24) is 0 Å². The molecule has 0 N–H and O–H groups in total. The van der Waals surface area contributed by atoms with Gasteiger partial charge in [-0.3, -0.25) is 4.79 Å². The Hall–Kier alpha value is -2.73. The molecule has 2 aromatic heterocycles. The molecule has 0 saturated carbocycles. The van der Waals surface area contributed by atoms with Crippen LogP contribution in [0.5, 0.6) is 11.5 Å². The molecule has 1 amide bonds. The maximum Gasteiger partial charge on any atom is 0.294 e. The number of anilines is 1. The van der Waals surface area contributed by atoms with Crippen molar-refractivity contribution in [2.75, 3.05) is 18.1 Å². The Morgan fingerprint density at radius 2 is 1.96 bits per heavy atom. The molecule has 0 atom stereocenters. The Labute approximate surface area is 143 Å². The summed E-state index contributed by atoms with van der Waals surface area (Å²) in [6.45, 7) is 1.51. The van der Waals surface area contributed by atoms with Crippen molar-refractivity contribution < 1.29 is 18.7 Å². The highest BCUT2D eigenvalue weighted by Gasteiger charge is 2.23. The molecule has 122 valence electrons. The lowest BCUT2D eigenvalue weighted by Crippen LogP contribution is -2.30. The van der Waals surface area contributed by atoms with Crippen LogP contribution in [0.2, 0.25) is 0 Å². The van der Waals surface area contributed by atoms with Crippen LogP contribution < -0.4 is 14.4 Å². The molecule has 0 bridgehead atoms. The van der Waals surface area contributed by atoms with Crippen LogP contribution in [0.4, 0.5) is 5.69 Å². The van der Waals surface area contributed by atoms with E-state index in [1.165, 1.54) is 6.26 Å². The first-order valence-corrected chi connectivity index (χ1v) is 8.46. The minimum absolute atomic E-state index is 0.190. The van der Waals surface area contributed by atoms with Gasteiger partial charge in [-0.1, -0.05) is 6.07 Å². The number of benzene rings is 1. The number of amides is 1. The van der Waals surface area contributed by atoms with Crippen LogP contribution in [0.1, 0.15) is 15.4 Å². The first kappa shape index (κ1) is 14.8. The van der Waals surface area contributed by atoms with Gasteiger partial charge in [0.15, 0.2) is 17.3 Å². The van der Waals surface area contributed by atoms with Gasteiger partial charge in [-0.05, 0) is 35.7 Å². The van der Waals surface area contributed by atoms with E-state index in [0.29, 0.717) is 37.0 Å². The van der Waals surface area contributed by atoms with Crippen molar-refractivity contribution in [2.45, 2.75) is 6.54 Å². The van der Waals surface area contributed by atoms with Gasteiger partial charge in [0.05, 0.1) is 12.8 Å². The lowest BCUT2D eigenvalue weighted by molar-refractivity contribution is 0.0958. The molecule has 0 fully saturated rings. The van der Waals surface area contributed by atoms with E-state index < -0.39 is 0 Å². The minimum Gasteiger partial charge on any atom is -0.486 e. The third-order valence-corrected chi connectivity index (χ3v) is 4.57. The Morgan fingerprint density at radius 1 is 1.08 bits per heavy atom. The number of furan rings is 1. The molecular formula is C18H15NO4S. The first-order valence-electron chi connectivity index (χ1n) is 7.59. The topological polar surface area (TPSA) is 51.9 Å². The van der Waals surface area contributed by atoms with Crippen LogP contribution in [-0.4, -0.2) is 19.1 Å². The zero-order valence-electron chi connectivity index (χ0n) is 12.8. The van der Waals surface area contributed by atoms with E-state index in [9.17, 15) is 4.79 Å². The number of hydrogen-bond donors (Lipinski definition) is 0. The summed E-state index contributed by atoms with van der Waals surface area (Å²) >= 11 is 1.61. The van der Waals surface area contributed by atoms with Crippen molar-refractivity contribution in [3.63, 3.8) is 0 Å². The van der Waals surface area contributed by atoms with Crippen LogP contribution >= 0.6 is 11.3 Å². The van der Waals surface area contributed by atoms with Crippen molar-refractivity contribution >= 4 is 22.9 Å². The monoisotopic (exact) mass is 341 g/mol. The fraction of sp³-hybridized carbons (Fsp3) is 0.167. The van der Waals surface area contributed by atoms with Gasteiger partial charge in [0, 0.05) is 16.6 Å². The molecular weight excluding hydrogens is 326 g/mol. The van der Waals surface area contributed by atoms with Gasteiger partial charge in [-0.15, -0.1) is 11.3 Å². The number of fused-ring (bicyclic) bond motifs is 1. The van der Waals surface area contributed by atoms with Crippen LogP contribution in [-0.2, 0) is 6.54 Å². The molecule has 1 aliphatic heterocycles. The number of hydrogen-bond acceptors (Lipinski definition) is 5. The lowest BCUT2D eigenvalue weighted by Gasteiger charge is -2.24. The van der Waals surface area contributed by atoms with Crippen LogP contribution in [0.25, 0.3) is 0 Å². The molecule has 0 aliphatic carbocycles. The zero-order chi connectivity index (χ0) is 16.4. The highest BCUT2D eigenvalue weighted by Crippen LogP contribution is 2.35. The summed E-state index contributed by atoms with van der Waals surface area (Å²) in [6, 6.07) is 12.9. The summed E-state index contributed by atoms with van der Waals surface area (Å²) in [7, 11) is 0. The van der Waals surface area contributed by atoms with E-state index in [1.54, 1.807) is 28.4 Å². The summed E-state index contributed by atoms with van der Waals surface area (Å²) in [5.41, 5.74) is 0.744. The Balaban J connectivity index is 1.70. The second-order valence-electron chi connectivity index (χ2n) is 5.28. The maximum absolute atomic E-state index is 12.9. The number of thiophene rings is 1. The normalized spacial score (nSPS) is 12.8. The summed E-state index contributed by atoms with van der Waals surface area (Å²) in [5, 5.41) is 1.99. The average Bonchev–Trinajstić information content (AvgIpc) is 3.32. The van der Waals surface area contributed by atoms with Crippen molar-refractivity contribution in [3.8, 4) is 11.5 Å². The standard InChI is InChI=1S/C18H15NO4S/c20-18(16-4-1-7-21-16)19(12-14-3-2-10-24-14)13-5-6-15-17(11-13)23-9-8-22-15/h1-7,10-11H,8-9,12H2. The van der Waals surface area contributed by atoms with Crippen LogP contribution in [0.15, 0.2) is 58.5 Å². The molecule has 3 aromatic rings. The fourth-order valence-corrected chi connectivity index (χ4v) is 3.26. The van der Waals surface area contributed by atoms with E-state index in [4.69, 9.17) is 13.9 Å². The molecule has 4 rings (SSSR count). The molecule has 1 aromatic carbocycles. The van der Waals surface area contributed by atoms with Gasteiger partial charge in [-0.2, -0.15) is 0 Å². The highest BCUT2D eigenvalue weighted by atomic mass is 32.1. The molecule has 1 aliphatic rings. The molecule has 0 radical (unpaired) electrons. The van der Waals surface area contributed by atoms with Gasteiger partial charge < -0.3 is 18.8 Å². The first-order chi connectivity index (χ1) is 11.8. The van der Waals surface area contributed by atoms with Crippen molar-refractivity contribution in [1.29, 1.82) is 0 Å². The van der Waals surface area contributed by atoms with Crippen LogP contribution in [0.3, 0.4) is 0 Å². The van der Waals surface area contributed by atoms with Gasteiger partial charge in [0.1, 0.15) is 13.2 Å². The lowest BCUT2D eigenvalue weighted by atomic mass is 10.2. The molecule has 3 heterocycles. The second-order valence-corrected chi connectivity index (χ2v) is 6.31. The summed E-state index contributed by atoms with van der Waals surface area (Å²) < 4.78 is 16.5. The molecule has 24 heavy (non-hydrogen) atoms. The number of rotatable bonds is 4. The van der Waals surface area contributed by atoms with Gasteiger partial charge in [0.2, 0.25) is 0 Å². The van der Waals surface area contributed by atoms with Gasteiger partial charge in [-0.25, -0.2) is 0 Å². The highest BCUT2D eigenvalue weighted by molar-refractivity contribution is 7.09. The summed E-state index contributed by atoms with van der Waals surface area (Å²) in [4.78, 5) is 15.6. The molecule has 0 spiro atoms. The predicted molar refractivity (Wildman–Crippen MR) is 91.0 cm³/mol. The molecule has 6 heteroatoms. The molecule has 0 unspecified atom stereocenters. The average molecular weight is 341 g/mol. The fourth-order valence-electron chi connectivity index (χ4n) is 2.57. The Bertz CT molecular complexity index is 827. The summed E-state index contributed by atoms with van der Waals surface area (Å²) in [6.07, 6.45) is 1.50. The predicted octanol–water partition coefficient (Wildman–Crippen LogP) is 3.96. The Kier molecular flexibility index (Phi) is 3.96. The second kappa shape index (κ2) is 6.41.